The molecule has 1 aliphatic rings. The van der Waals surface area contributed by atoms with E-state index in [2.05, 4.69) is 5.32 Å². The molecule has 0 atom stereocenters. The van der Waals surface area contributed by atoms with Crippen molar-refractivity contribution in [2.45, 2.75) is 0 Å². The van der Waals surface area contributed by atoms with Gasteiger partial charge in [-0.05, 0) is 54.1 Å². The molecule has 0 radical (unpaired) electrons. The van der Waals surface area contributed by atoms with E-state index in [1.54, 1.807) is 24.3 Å². The molecule has 3 aromatic carbocycles. The second-order valence-electron chi connectivity index (χ2n) is 6.23. The van der Waals surface area contributed by atoms with E-state index in [1.165, 1.54) is 6.08 Å². The number of allylic oxidation sites excluding steroid dienone is 1. The quantitative estimate of drug-likeness (QED) is 0.521. The number of fused-ring (bicyclic) bond motifs is 1. The van der Waals surface area contributed by atoms with Crippen LogP contribution in [-0.4, -0.2) is 18.3 Å². The molecule has 1 heterocycles. The Balaban J connectivity index is 1.48. The minimum Gasteiger partial charge on any atom is -0.482 e. The van der Waals surface area contributed by atoms with E-state index in [0.717, 1.165) is 11.3 Å². The Labute approximate surface area is 162 Å². The second kappa shape index (κ2) is 7.80. The van der Waals surface area contributed by atoms with Gasteiger partial charge in [0.15, 0.2) is 12.4 Å². The minimum absolute atomic E-state index is 0.0123. The Bertz CT molecular complexity index is 1060. The number of benzene rings is 3. The van der Waals surface area contributed by atoms with Crippen molar-refractivity contribution in [2.24, 2.45) is 0 Å². The molecule has 138 valence electrons. The molecule has 0 saturated heterocycles. The molecule has 0 aliphatic carbocycles. The third-order valence-corrected chi connectivity index (χ3v) is 4.16. The lowest BCUT2D eigenvalue weighted by molar-refractivity contribution is -0.118. The van der Waals surface area contributed by atoms with Crippen LogP contribution >= 0.6 is 0 Å². The summed E-state index contributed by atoms with van der Waals surface area (Å²) in [5.41, 5.74) is 1.82. The number of carbonyl (C=O) groups is 2. The normalized spacial score (nSPS) is 12.8. The van der Waals surface area contributed by atoms with E-state index in [0.29, 0.717) is 22.7 Å². The van der Waals surface area contributed by atoms with Crippen molar-refractivity contribution in [3.05, 3.63) is 90.0 Å². The number of hydrogen-bond donors (Lipinski definition) is 1. The number of anilines is 1. The molecular formula is C23H17NO4. The van der Waals surface area contributed by atoms with Crippen molar-refractivity contribution < 1.29 is 19.1 Å². The van der Waals surface area contributed by atoms with Crippen molar-refractivity contribution in [2.75, 3.05) is 11.9 Å². The Morgan fingerprint density at radius 2 is 1.79 bits per heavy atom. The first kappa shape index (κ1) is 17.5. The Kier molecular flexibility index (Phi) is 4.89. The van der Waals surface area contributed by atoms with Crippen LogP contribution in [0.1, 0.15) is 15.9 Å². The predicted octanol–water partition coefficient (Wildman–Crippen LogP) is 4.71. The number of amides is 1. The Morgan fingerprint density at radius 3 is 2.64 bits per heavy atom. The highest BCUT2D eigenvalue weighted by atomic mass is 16.5. The van der Waals surface area contributed by atoms with Gasteiger partial charge in [0, 0.05) is 5.56 Å². The van der Waals surface area contributed by atoms with Crippen LogP contribution in [0.2, 0.25) is 0 Å². The zero-order valence-corrected chi connectivity index (χ0v) is 14.9. The Morgan fingerprint density at radius 1 is 0.964 bits per heavy atom. The molecule has 5 heteroatoms. The van der Waals surface area contributed by atoms with Crippen LogP contribution in [0.15, 0.2) is 78.9 Å². The number of ether oxygens (including phenoxy) is 2. The highest BCUT2D eigenvalue weighted by Crippen LogP contribution is 2.29. The van der Waals surface area contributed by atoms with Crippen LogP contribution < -0.4 is 14.8 Å². The summed E-state index contributed by atoms with van der Waals surface area (Å²) in [6, 6.07) is 22.0. The van der Waals surface area contributed by atoms with Crippen LogP contribution in [0.5, 0.6) is 17.2 Å². The van der Waals surface area contributed by atoms with Crippen LogP contribution in [0.4, 0.5) is 5.69 Å². The molecule has 0 spiro atoms. The third-order valence-electron chi connectivity index (χ3n) is 4.16. The summed E-state index contributed by atoms with van der Waals surface area (Å²) in [4.78, 5) is 23.9. The largest absolute Gasteiger partial charge is 0.482 e. The molecule has 1 amide bonds. The first-order valence-corrected chi connectivity index (χ1v) is 8.79. The average Bonchev–Trinajstić information content (AvgIpc) is 2.72. The summed E-state index contributed by atoms with van der Waals surface area (Å²) in [5.74, 6) is 1.60. The molecule has 0 saturated carbocycles. The molecule has 1 aliphatic heterocycles. The highest BCUT2D eigenvalue weighted by Gasteiger charge is 2.17. The number of nitrogens with one attached hydrogen (secondary N) is 1. The fourth-order valence-electron chi connectivity index (χ4n) is 2.81. The standard InChI is InChI=1S/C23H17NO4/c25-21(17-10-12-22-20(14-17)24-23(26)15-27-22)11-9-16-5-4-8-19(13-16)28-18-6-2-1-3-7-18/h1-14H,15H2,(H,24,26)/b11-9+. The van der Waals surface area contributed by atoms with E-state index < -0.39 is 0 Å². The van der Waals surface area contributed by atoms with Gasteiger partial charge < -0.3 is 14.8 Å². The van der Waals surface area contributed by atoms with Gasteiger partial charge in [0.2, 0.25) is 0 Å². The lowest BCUT2D eigenvalue weighted by atomic mass is 10.1. The zero-order valence-electron chi connectivity index (χ0n) is 14.9. The van der Waals surface area contributed by atoms with Gasteiger partial charge in [0.05, 0.1) is 5.69 Å². The van der Waals surface area contributed by atoms with Gasteiger partial charge in [-0.15, -0.1) is 0 Å². The van der Waals surface area contributed by atoms with Gasteiger partial charge in [-0.1, -0.05) is 36.4 Å². The lowest BCUT2D eigenvalue weighted by Crippen LogP contribution is -2.25. The molecule has 3 aromatic rings. The Hall–Kier alpha value is -3.86. The maximum Gasteiger partial charge on any atom is 0.262 e. The van der Waals surface area contributed by atoms with E-state index in [9.17, 15) is 9.59 Å². The monoisotopic (exact) mass is 371 g/mol. The SMILES string of the molecule is O=C1COc2ccc(C(=O)/C=C/c3cccc(Oc4ccccc4)c3)cc2N1. The van der Waals surface area contributed by atoms with Crippen molar-refractivity contribution in [1.82, 2.24) is 0 Å². The third kappa shape index (κ3) is 4.10. The lowest BCUT2D eigenvalue weighted by Gasteiger charge is -2.17. The maximum absolute atomic E-state index is 12.5. The summed E-state index contributed by atoms with van der Waals surface area (Å²) in [6.07, 6.45) is 3.23. The van der Waals surface area contributed by atoms with Crippen molar-refractivity contribution >= 4 is 23.5 Å². The van der Waals surface area contributed by atoms with Crippen LogP contribution in [-0.2, 0) is 4.79 Å². The van der Waals surface area contributed by atoms with Crippen molar-refractivity contribution in [3.8, 4) is 17.2 Å². The number of rotatable bonds is 5. The van der Waals surface area contributed by atoms with Gasteiger partial charge in [-0.2, -0.15) is 0 Å². The van der Waals surface area contributed by atoms with Crippen molar-refractivity contribution in [3.63, 3.8) is 0 Å². The second-order valence-corrected chi connectivity index (χ2v) is 6.23. The van der Waals surface area contributed by atoms with Crippen molar-refractivity contribution in [1.29, 1.82) is 0 Å². The summed E-state index contributed by atoms with van der Waals surface area (Å²) < 4.78 is 11.1. The maximum atomic E-state index is 12.5. The van der Waals surface area contributed by atoms with E-state index in [1.807, 2.05) is 54.6 Å². The van der Waals surface area contributed by atoms with Gasteiger partial charge in [0.1, 0.15) is 17.2 Å². The summed E-state index contributed by atoms with van der Waals surface area (Å²) >= 11 is 0. The number of carbonyl (C=O) groups excluding carboxylic acids is 2. The molecule has 0 bridgehead atoms. The summed E-state index contributed by atoms with van der Waals surface area (Å²) in [6.45, 7) is -0.0123. The molecular weight excluding hydrogens is 354 g/mol. The van der Waals surface area contributed by atoms with E-state index in [4.69, 9.17) is 9.47 Å². The number of ketones is 1. The van der Waals surface area contributed by atoms with Gasteiger partial charge in [-0.25, -0.2) is 0 Å². The summed E-state index contributed by atoms with van der Waals surface area (Å²) in [5, 5.41) is 2.70. The topological polar surface area (TPSA) is 64.6 Å². The van der Waals surface area contributed by atoms with Gasteiger partial charge in [-0.3, -0.25) is 9.59 Å². The first-order chi connectivity index (χ1) is 13.7. The van der Waals surface area contributed by atoms with E-state index >= 15 is 0 Å². The predicted molar refractivity (Wildman–Crippen MR) is 107 cm³/mol. The number of para-hydroxylation sites is 1. The van der Waals surface area contributed by atoms with Gasteiger partial charge in [0.25, 0.3) is 5.91 Å². The van der Waals surface area contributed by atoms with Gasteiger partial charge >= 0.3 is 0 Å². The molecule has 0 unspecified atom stereocenters. The first-order valence-electron chi connectivity index (χ1n) is 8.79. The average molecular weight is 371 g/mol. The molecule has 0 aromatic heterocycles. The summed E-state index contributed by atoms with van der Waals surface area (Å²) in [7, 11) is 0. The molecule has 5 nitrogen and oxygen atoms in total. The highest BCUT2D eigenvalue weighted by molar-refractivity contribution is 6.08. The molecule has 1 N–H and O–H groups in total. The zero-order chi connectivity index (χ0) is 19.3. The fourth-order valence-corrected chi connectivity index (χ4v) is 2.81. The minimum atomic E-state index is -0.233. The number of hydrogen-bond acceptors (Lipinski definition) is 4. The molecule has 28 heavy (non-hydrogen) atoms. The molecule has 4 rings (SSSR count). The van der Waals surface area contributed by atoms with E-state index in [-0.39, 0.29) is 18.3 Å². The van der Waals surface area contributed by atoms with Crippen LogP contribution in [0.25, 0.3) is 6.08 Å². The molecule has 0 fully saturated rings. The van der Waals surface area contributed by atoms with Crippen LogP contribution in [0.3, 0.4) is 0 Å². The smallest absolute Gasteiger partial charge is 0.262 e. The fraction of sp³-hybridized carbons (Fsp3) is 0.0435. The van der Waals surface area contributed by atoms with Crippen LogP contribution in [0, 0.1) is 0 Å².